The van der Waals surface area contributed by atoms with Crippen molar-refractivity contribution in [3.05, 3.63) is 58.6 Å². The molecule has 1 nitrogen and oxygen atoms in total. The largest absolute Gasteiger partial charge is 0.313 e. The van der Waals surface area contributed by atoms with Crippen LogP contribution < -0.4 is 5.32 Å². The van der Waals surface area contributed by atoms with Gasteiger partial charge in [0.15, 0.2) is 0 Å². The summed E-state index contributed by atoms with van der Waals surface area (Å²) < 4.78 is 27.2. The van der Waals surface area contributed by atoms with Gasteiger partial charge in [-0.1, -0.05) is 24.6 Å². The molecule has 0 aliphatic carbocycles. The average molecular weight is 282 g/mol. The maximum Gasteiger partial charge on any atom is 0.131 e. The Bertz CT molecular complexity index is 564. The van der Waals surface area contributed by atoms with E-state index in [1.165, 1.54) is 18.2 Å². The number of hydrogen-bond acceptors (Lipinski definition) is 1. The molecule has 4 heteroatoms. The van der Waals surface area contributed by atoms with Gasteiger partial charge in [0.2, 0.25) is 0 Å². The van der Waals surface area contributed by atoms with Gasteiger partial charge in [0.1, 0.15) is 11.6 Å². The van der Waals surface area contributed by atoms with Crippen LogP contribution in [0.1, 0.15) is 12.5 Å². The van der Waals surface area contributed by atoms with E-state index in [0.717, 1.165) is 12.1 Å². The first-order chi connectivity index (χ1) is 9.10. The molecule has 100 valence electrons. The molecular weight excluding hydrogens is 268 g/mol. The summed E-state index contributed by atoms with van der Waals surface area (Å²) in [5.41, 5.74) is 1.75. The zero-order chi connectivity index (χ0) is 13.8. The van der Waals surface area contributed by atoms with Crippen LogP contribution in [-0.2, 0) is 6.54 Å². The number of benzene rings is 2. The van der Waals surface area contributed by atoms with E-state index in [9.17, 15) is 8.78 Å². The molecule has 19 heavy (non-hydrogen) atoms. The van der Waals surface area contributed by atoms with E-state index in [1.807, 2.05) is 6.92 Å². The van der Waals surface area contributed by atoms with Crippen molar-refractivity contribution in [1.82, 2.24) is 5.32 Å². The molecule has 0 radical (unpaired) electrons. The van der Waals surface area contributed by atoms with Crippen molar-refractivity contribution in [1.29, 1.82) is 0 Å². The van der Waals surface area contributed by atoms with Crippen molar-refractivity contribution >= 4 is 11.6 Å². The van der Waals surface area contributed by atoms with Crippen molar-refractivity contribution in [3.8, 4) is 11.1 Å². The number of hydrogen-bond donors (Lipinski definition) is 1. The number of halogens is 3. The molecule has 0 atom stereocenters. The minimum absolute atomic E-state index is 0.256. The second kappa shape index (κ2) is 6.13. The molecule has 2 aromatic carbocycles. The van der Waals surface area contributed by atoms with E-state index >= 15 is 0 Å². The molecule has 0 aliphatic rings. The summed E-state index contributed by atoms with van der Waals surface area (Å²) >= 11 is 5.80. The highest BCUT2D eigenvalue weighted by atomic mass is 35.5. The second-order valence-corrected chi connectivity index (χ2v) is 4.69. The second-order valence-electron chi connectivity index (χ2n) is 4.25. The molecule has 1 N–H and O–H groups in total. The quantitative estimate of drug-likeness (QED) is 0.876. The first-order valence-electron chi connectivity index (χ1n) is 6.05. The van der Waals surface area contributed by atoms with E-state index < -0.39 is 5.82 Å². The van der Waals surface area contributed by atoms with Gasteiger partial charge in [0.25, 0.3) is 0 Å². The molecule has 0 bridgehead atoms. The molecule has 0 saturated heterocycles. The van der Waals surface area contributed by atoms with Gasteiger partial charge in [-0.15, -0.1) is 0 Å². The molecule has 0 fully saturated rings. The van der Waals surface area contributed by atoms with E-state index in [2.05, 4.69) is 5.32 Å². The van der Waals surface area contributed by atoms with Gasteiger partial charge in [0.05, 0.1) is 0 Å². The first-order valence-corrected chi connectivity index (χ1v) is 6.43. The highest BCUT2D eigenvalue weighted by Gasteiger charge is 2.08. The van der Waals surface area contributed by atoms with Crippen LogP contribution in [0, 0.1) is 11.6 Å². The Morgan fingerprint density at radius 2 is 1.89 bits per heavy atom. The summed E-state index contributed by atoms with van der Waals surface area (Å²) in [4.78, 5) is 0. The van der Waals surface area contributed by atoms with Gasteiger partial charge in [-0.05, 0) is 48.0 Å². The fraction of sp³-hybridized carbons (Fsp3) is 0.200. The van der Waals surface area contributed by atoms with Crippen molar-refractivity contribution in [3.63, 3.8) is 0 Å². The SMILES string of the molecule is CCNCc1ccc(F)c(-c2cc(F)cc(Cl)c2)c1. The molecule has 0 aromatic heterocycles. The van der Waals surface area contributed by atoms with Crippen LogP contribution in [0.4, 0.5) is 8.78 Å². The van der Waals surface area contributed by atoms with Crippen LogP contribution in [0.25, 0.3) is 11.1 Å². The molecular formula is C15H14ClF2N. The summed E-state index contributed by atoms with van der Waals surface area (Å²) in [5.74, 6) is -0.860. The lowest BCUT2D eigenvalue weighted by Crippen LogP contribution is -2.11. The Balaban J connectivity index is 2.42. The molecule has 0 saturated carbocycles. The van der Waals surface area contributed by atoms with E-state index in [-0.39, 0.29) is 10.8 Å². The van der Waals surface area contributed by atoms with Crippen LogP contribution in [0.15, 0.2) is 36.4 Å². The van der Waals surface area contributed by atoms with Crippen molar-refractivity contribution < 1.29 is 8.78 Å². The lowest BCUT2D eigenvalue weighted by molar-refractivity contribution is 0.624. The lowest BCUT2D eigenvalue weighted by Gasteiger charge is -2.08. The minimum atomic E-state index is -0.473. The van der Waals surface area contributed by atoms with E-state index in [1.54, 1.807) is 18.2 Å². The van der Waals surface area contributed by atoms with Crippen LogP contribution in [0.2, 0.25) is 5.02 Å². The Morgan fingerprint density at radius 3 is 2.58 bits per heavy atom. The molecule has 2 aromatic rings. The maximum absolute atomic E-state index is 13.9. The van der Waals surface area contributed by atoms with Gasteiger partial charge in [-0.3, -0.25) is 0 Å². The summed E-state index contributed by atoms with van der Waals surface area (Å²) in [5, 5.41) is 3.42. The van der Waals surface area contributed by atoms with Crippen molar-refractivity contribution in [2.45, 2.75) is 13.5 Å². The smallest absolute Gasteiger partial charge is 0.131 e. The van der Waals surface area contributed by atoms with Gasteiger partial charge in [-0.25, -0.2) is 8.78 Å². The Kier molecular flexibility index (Phi) is 4.51. The van der Waals surface area contributed by atoms with Crippen LogP contribution >= 0.6 is 11.6 Å². The predicted octanol–water partition coefficient (Wildman–Crippen LogP) is 4.39. The summed E-state index contributed by atoms with van der Waals surface area (Å²) in [7, 11) is 0. The highest BCUT2D eigenvalue weighted by molar-refractivity contribution is 6.30. The monoisotopic (exact) mass is 281 g/mol. The molecule has 2 rings (SSSR count). The molecule has 0 aliphatic heterocycles. The van der Waals surface area contributed by atoms with Gasteiger partial charge < -0.3 is 5.32 Å². The Hall–Kier alpha value is -1.45. The maximum atomic E-state index is 13.9. The zero-order valence-electron chi connectivity index (χ0n) is 10.5. The normalized spacial score (nSPS) is 10.7. The Labute approximate surface area is 116 Å². The third kappa shape index (κ3) is 3.52. The fourth-order valence-corrected chi connectivity index (χ4v) is 2.10. The topological polar surface area (TPSA) is 12.0 Å². The van der Waals surface area contributed by atoms with E-state index in [0.29, 0.717) is 17.7 Å². The molecule has 0 unspecified atom stereocenters. The van der Waals surface area contributed by atoms with Crippen molar-refractivity contribution in [2.75, 3.05) is 6.54 Å². The first kappa shape index (κ1) is 14.0. The fourth-order valence-electron chi connectivity index (χ4n) is 1.88. The third-order valence-corrected chi connectivity index (χ3v) is 3.00. The van der Waals surface area contributed by atoms with Crippen LogP contribution in [0.5, 0.6) is 0 Å². The molecule has 0 amide bonds. The van der Waals surface area contributed by atoms with E-state index in [4.69, 9.17) is 11.6 Å². The molecule has 0 spiro atoms. The molecule has 0 heterocycles. The average Bonchev–Trinajstić information content (AvgIpc) is 2.36. The van der Waals surface area contributed by atoms with Crippen molar-refractivity contribution in [2.24, 2.45) is 0 Å². The lowest BCUT2D eigenvalue weighted by atomic mass is 10.0. The van der Waals surface area contributed by atoms with Gasteiger partial charge in [-0.2, -0.15) is 0 Å². The zero-order valence-corrected chi connectivity index (χ0v) is 11.3. The minimum Gasteiger partial charge on any atom is -0.313 e. The standard InChI is InChI=1S/C15H14ClF2N/c1-2-19-9-10-3-4-15(18)14(5-10)11-6-12(16)8-13(17)7-11/h3-8,19H,2,9H2,1H3. The highest BCUT2D eigenvalue weighted by Crippen LogP contribution is 2.27. The van der Waals surface area contributed by atoms with Gasteiger partial charge >= 0.3 is 0 Å². The predicted molar refractivity (Wildman–Crippen MR) is 74.2 cm³/mol. The van der Waals surface area contributed by atoms with Gasteiger partial charge in [0, 0.05) is 17.1 Å². The number of nitrogens with one attached hydrogen (secondary N) is 1. The Morgan fingerprint density at radius 1 is 1.11 bits per heavy atom. The summed E-state index contributed by atoms with van der Waals surface area (Å²) in [6, 6.07) is 8.85. The van der Waals surface area contributed by atoms with Crippen LogP contribution in [0.3, 0.4) is 0 Å². The number of rotatable bonds is 4. The van der Waals surface area contributed by atoms with Crippen LogP contribution in [-0.4, -0.2) is 6.54 Å². The third-order valence-electron chi connectivity index (χ3n) is 2.78. The summed E-state index contributed by atoms with van der Waals surface area (Å²) in [6.07, 6.45) is 0. The summed E-state index contributed by atoms with van der Waals surface area (Å²) in [6.45, 7) is 3.47.